The number of amides is 1. The van der Waals surface area contributed by atoms with Gasteiger partial charge in [-0.1, -0.05) is 11.8 Å². The van der Waals surface area contributed by atoms with Crippen LogP contribution in [0, 0.1) is 0 Å². The molecule has 41 heavy (non-hydrogen) atoms. The Morgan fingerprint density at radius 1 is 1.17 bits per heavy atom. The van der Waals surface area contributed by atoms with E-state index in [1.54, 1.807) is 0 Å². The molecular formula is C18H26N6O14P2S. The minimum absolute atomic E-state index is 0.0234. The highest BCUT2D eigenvalue weighted by Gasteiger charge is 2.49. The third-order valence-electron chi connectivity index (χ3n) is 5.20. The van der Waals surface area contributed by atoms with E-state index in [0.717, 1.165) is 18.1 Å². The second-order valence-corrected chi connectivity index (χ2v) is 12.0. The SMILES string of the molecule is Nc1ncnc2ncn(C3OC(COP(=O)(O)OCCC(=O)NCCSC(=O)CC(=O)O)C(OP(=O)(O)O)C3O)c12. The van der Waals surface area contributed by atoms with Gasteiger partial charge in [0.05, 0.1) is 19.6 Å². The number of aliphatic carboxylic acids is 1. The van der Waals surface area contributed by atoms with Gasteiger partial charge in [0.25, 0.3) is 0 Å². The van der Waals surface area contributed by atoms with Gasteiger partial charge in [0.2, 0.25) is 5.91 Å². The normalized spacial score (nSPS) is 22.4. The number of carbonyl (C=O) groups excluding carboxylic acids is 2. The smallest absolute Gasteiger partial charge is 0.472 e. The fraction of sp³-hybridized carbons (Fsp3) is 0.556. The van der Waals surface area contributed by atoms with E-state index in [0.29, 0.717) is 0 Å². The number of aromatic nitrogens is 4. The van der Waals surface area contributed by atoms with E-state index in [1.165, 1.54) is 10.9 Å². The summed E-state index contributed by atoms with van der Waals surface area (Å²) < 4.78 is 44.9. The van der Waals surface area contributed by atoms with Crippen LogP contribution >= 0.6 is 27.4 Å². The second-order valence-electron chi connectivity index (χ2n) is 8.19. The van der Waals surface area contributed by atoms with Crippen molar-refractivity contribution in [3.05, 3.63) is 12.7 Å². The van der Waals surface area contributed by atoms with E-state index in [-0.39, 0.29) is 35.7 Å². The number of carbonyl (C=O) groups is 3. The predicted octanol–water partition coefficient (Wildman–Crippen LogP) is -1.48. The van der Waals surface area contributed by atoms with Crippen LogP contribution in [0.1, 0.15) is 19.1 Å². The van der Waals surface area contributed by atoms with Crippen LogP contribution in [0.15, 0.2) is 12.7 Å². The highest BCUT2D eigenvalue weighted by molar-refractivity contribution is 8.13. The number of aliphatic hydroxyl groups is 1. The molecule has 0 aromatic carbocycles. The summed E-state index contributed by atoms with van der Waals surface area (Å²) in [5.74, 6) is -1.81. The Morgan fingerprint density at radius 3 is 2.59 bits per heavy atom. The Balaban J connectivity index is 1.53. The van der Waals surface area contributed by atoms with Gasteiger partial charge in [-0.15, -0.1) is 0 Å². The standard InChI is InChI=1S/C18H26N6O14P2S/c19-16-13-17(22-7-21-16)23-8-24(13)18-14(29)15(38-39(30,31)32)9(37-18)6-36-40(33,34)35-3-1-10(25)20-2-4-41-12(28)5-11(26)27/h7-9,14-15,18,29H,1-6H2,(H,20,25)(H,26,27)(H,33,34)(H2,19,21,22)(H2,30,31,32). The Kier molecular flexibility index (Phi) is 11.3. The third-order valence-corrected chi connectivity index (χ3v) is 7.58. The molecule has 0 saturated carbocycles. The molecule has 0 aliphatic carbocycles. The Morgan fingerprint density at radius 2 is 1.90 bits per heavy atom. The number of nitrogen functional groups attached to an aromatic ring is 1. The first-order chi connectivity index (χ1) is 19.2. The van der Waals surface area contributed by atoms with Gasteiger partial charge in [0.15, 0.2) is 22.8 Å². The average molecular weight is 644 g/mol. The van der Waals surface area contributed by atoms with Crippen molar-refractivity contribution < 1.29 is 66.7 Å². The number of ether oxygens (including phenoxy) is 1. The van der Waals surface area contributed by atoms with Gasteiger partial charge < -0.3 is 40.7 Å². The molecule has 0 bridgehead atoms. The summed E-state index contributed by atoms with van der Waals surface area (Å²) in [6.45, 7) is -1.40. The Hall–Kier alpha value is -2.55. The number of hydrogen-bond acceptors (Lipinski definition) is 15. The maximum Gasteiger partial charge on any atom is 0.472 e. The van der Waals surface area contributed by atoms with Crippen molar-refractivity contribution in [3.63, 3.8) is 0 Å². The second kappa shape index (κ2) is 14.1. The number of carboxylic acids is 1. The van der Waals surface area contributed by atoms with E-state index in [4.69, 9.17) is 24.6 Å². The number of nitrogens with two attached hydrogens (primary N) is 1. The van der Waals surface area contributed by atoms with Crippen molar-refractivity contribution >= 4 is 61.4 Å². The van der Waals surface area contributed by atoms with Crippen LogP contribution in [-0.4, -0.2) is 105 Å². The molecule has 1 aliphatic rings. The van der Waals surface area contributed by atoms with E-state index < -0.39 is 76.8 Å². The van der Waals surface area contributed by atoms with Crippen molar-refractivity contribution in [2.75, 3.05) is 31.2 Å². The fourth-order valence-corrected chi connectivity index (χ4v) is 5.51. The van der Waals surface area contributed by atoms with Gasteiger partial charge in [-0.25, -0.2) is 24.1 Å². The van der Waals surface area contributed by atoms with Crippen molar-refractivity contribution in [2.24, 2.45) is 0 Å². The maximum atomic E-state index is 12.3. The van der Waals surface area contributed by atoms with Crippen LogP contribution in [0.2, 0.25) is 0 Å². The van der Waals surface area contributed by atoms with Gasteiger partial charge in [-0.2, -0.15) is 0 Å². The number of phosphoric acid groups is 2. The molecule has 20 nitrogen and oxygen atoms in total. The molecule has 23 heteroatoms. The quantitative estimate of drug-likeness (QED) is 0.0660. The number of phosphoric ester groups is 2. The summed E-state index contributed by atoms with van der Waals surface area (Å²) in [6, 6.07) is 0. The molecule has 0 spiro atoms. The van der Waals surface area contributed by atoms with Gasteiger partial charge in [-0.3, -0.25) is 32.5 Å². The first-order valence-corrected chi connectivity index (χ1v) is 15.4. The zero-order valence-electron chi connectivity index (χ0n) is 20.8. The minimum Gasteiger partial charge on any atom is -0.481 e. The Bertz CT molecular complexity index is 1360. The number of imidazole rings is 1. The Labute approximate surface area is 234 Å². The lowest BCUT2D eigenvalue weighted by molar-refractivity contribution is -0.138. The van der Waals surface area contributed by atoms with Crippen molar-refractivity contribution in [1.82, 2.24) is 24.8 Å². The molecule has 1 saturated heterocycles. The molecule has 5 atom stereocenters. The van der Waals surface area contributed by atoms with Crippen LogP contribution in [-0.2, 0) is 41.8 Å². The summed E-state index contributed by atoms with van der Waals surface area (Å²) >= 11 is 0.721. The van der Waals surface area contributed by atoms with Gasteiger partial charge >= 0.3 is 21.6 Å². The molecule has 2 aromatic rings. The molecular weight excluding hydrogens is 618 g/mol. The summed E-state index contributed by atoms with van der Waals surface area (Å²) in [5, 5.41) is 21.1. The molecule has 1 fully saturated rings. The monoisotopic (exact) mass is 644 g/mol. The van der Waals surface area contributed by atoms with Gasteiger partial charge in [0.1, 0.15) is 42.9 Å². The van der Waals surface area contributed by atoms with Crippen LogP contribution in [0.5, 0.6) is 0 Å². The number of aliphatic hydroxyl groups excluding tert-OH is 1. The number of carboxylic acid groups (broad SMARTS) is 1. The molecule has 3 heterocycles. The minimum atomic E-state index is -5.19. The number of anilines is 1. The lowest BCUT2D eigenvalue weighted by Gasteiger charge is -2.21. The number of fused-ring (bicyclic) bond motifs is 1. The lowest BCUT2D eigenvalue weighted by Crippen LogP contribution is -2.35. The van der Waals surface area contributed by atoms with Crippen molar-refractivity contribution in [3.8, 4) is 0 Å². The highest BCUT2D eigenvalue weighted by Crippen LogP contribution is 2.47. The molecule has 8 N–H and O–H groups in total. The van der Waals surface area contributed by atoms with E-state index in [9.17, 15) is 43.3 Å². The summed E-state index contributed by atoms with van der Waals surface area (Å²) in [7, 11) is -10.0. The van der Waals surface area contributed by atoms with E-state index in [1.807, 2.05) is 0 Å². The number of rotatable bonds is 15. The summed E-state index contributed by atoms with van der Waals surface area (Å²) in [4.78, 5) is 73.9. The maximum absolute atomic E-state index is 12.3. The van der Waals surface area contributed by atoms with Crippen molar-refractivity contribution in [2.45, 2.75) is 37.4 Å². The summed E-state index contributed by atoms with van der Waals surface area (Å²) in [6.07, 6.45) is -5.14. The van der Waals surface area contributed by atoms with Crippen LogP contribution in [0.4, 0.5) is 5.82 Å². The number of hydrogen-bond donors (Lipinski definition) is 7. The largest absolute Gasteiger partial charge is 0.481 e. The molecule has 228 valence electrons. The first kappa shape index (κ1) is 33.0. The third kappa shape index (κ3) is 9.76. The molecule has 0 radical (unpaired) electrons. The number of thioether (sulfide) groups is 1. The molecule has 5 unspecified atom stereocenters. The first-order valence-electron chi connectivity index (χ1n) is 11.4. The van der Waals surface area contributed by atoms with Crippen LogP contribution in [0.3, 0.4) is 0 Å². The zero-order valence-corrected chi connectivity index (χ0v) is 23.4. The van der Waals surface area contributed by atoms with Gasteiger partial charge in [0, 0.05) is 12.3 Å². The topological polar surface area (TPSA) is 305 Å². The molecule has 2 aromatic heterocycles. The number of nitrogens with one attached hydrogen (secondary N) is 1. The predicted molar refractivity (Wildman–Crippen MR) is 136 cm³/mol. The van der Waals surface area contributed by atoms with Crippen LogP contribution < -0.4 is 11.1 Å². The van der Waals surface area contributed by atoms with E-state index in [2.05, 4.69) is 24.8 Å². The average Bonchev–Trinajstić information content (AvgIpc) is 3.41. The van der Waals surface area contributed by atoms with Crippen molar-refractivity contribution in [1.29, 1.82) is 0 Å². The molecule has 1 amide bonds. The summed E-state index contributed by atoms with van der Waals surface area (Å²) in [5.41, 5.74) is 6.11. The highest BCUT2D eigenvalue weighted by atomic mass is 32.2. The molecule has 1 aliphatic heterocycles. The number of nitrogens with zero attached hydrogens (tertiary/aromatic N) is 4. The lowest BCUT2D eigenvalue weighted by atomic mass is 10.1. The zero-order chi connectivity index (χ0) is 30.4. The van der Waals surface area contributed by atoms with Gasteiger partial charge in [-0.05, 0) is 0 Å². The molecule has 3 rings (SSSR count). The fourth-order valence-electron chi connectivity index (χ4n) is 3.54. The van der Waals surface area contributed by atoms with E-state index >= 15 is 0 Å². The van der Waals surface area contributed by atoms with Crippen LogP contribution in [0.25, 0.3) is 11.2 Å².